The van der Waals surface area contributed by atoms with Gasteiger partial charge < -0.3 is 10.5 Å². The van der Waals surface area contributed by atoms with Gasteiger partial charge in [-0.3, -0.25) is 4.79 Å². The Morgan fingerprint density at radius 1 is 1.53 bits per heavy atom. The van der Waals surface area contributed by atoms with Gasteiger partial charge in [0, 0.05) is 13.0 Å². The Morgan fingerprint density at radius 3 is 2.87 bits per heavy atom. The molecule has 2 N–H and O–H groups in total. The molecule has 0 aliphatic heterocycles. The first-order chi connectivity index (χ1) is 7.16. The Kier molecular flexibility index (Phi) is 2.73. The van der Waals surface area contributed by atoms with E-state index in [2.05, 4.69) is 0 Å². The van der Waals surface area contributed by atoms with E-state index in [9.17, 15) is 4.79 Å². The monoisotopic (exact) mass is 205 g/mol. The van der Waals surface area contributed by atoms with E-state index in [-0.39, 0.29) is 12.0 Å². The lowest BCUT2D eigenvalue weighted by Crippen LogP contribution is -2.12. The fourth-order valence-corrected chi connectivity index (χ4v) is 1.68. The van der Waals surface area contributed by atoms with Crippen LogP contribution in [0, 0.1) is 5.92 Å². The zero-order chi connectivity index (χ0) is 10.8. The third-order valence-electron chi connectivity index (χ3n) is 2.63. The van der Waals surface area contributed by atoms with E-state index in [0.29, 0.717) is 11.7 Å². The lowest BCUT2D eigenvalue weighted by atomic mass is 10.0. The lowest BCUT2D eigenvalue weighted by molar-refractivity contribution is -0.131. The summed E-state index contributed by atoms with van der Waals surface area (Å²) in [7, 11) is 0. The number of carbonyl (C=O) groups excluding carboxylic acids is 1. The first-order valence-corrected chi connectivity index (χ1v) is 5.21. The summed E-state index contributed by atoms with van der Waals surface area (Å²) in [5.74, 6) is 0.890. The van der Waals surface area contributed by atoms with Crippen molar-refractivity contribution >= 4 is 5.97 Å². The maximum atomic E-state index is 10.8. The van der Waals surface area contributed by atoms with Crippen molar-refractivity contribution in [2.45, 2.75) is 25.8 Å². The maximum Gasteiger partial charge on any atom is 0.308 e. The van der Waals surface area contributed by atoms with Crippen molar-refractivity contribution < 1.29 is 9.53 Å². The molecule has 0 aromatic heterocycles. The van der Waals surface area contributed by atoms with Gasteiger partial charge in [0.1, 0.15) is 5.75 Å². The van der Waals surface area contributed by atoms with Gasteiger partial charge in [-0.2, -0.15) is 0 Å². The molecule has 0 radical (unpaired) electrons. The highest BCUT2D eigenvalue weighted by molar-refractivity contribution is 5.69. The van der Waals surface area contributed by atoms with E-state index in [1.807, 2.05) is 18.2 Å². The van der Waals surface area contributed by atoms with Crippen LogP contribution in [0.5, 0.6) is 5.75 Å². The molecule has 1 atom stereocenters. The predicted octanol–water partition coefficient (Wildman–Crippen LogP) is 2.02. The minimum absolute atomic E-state index is 0.0838. The van der Waals surface area contributed by atoms with Gasteiger partial charge in [0.05, 0.1) is 0 Å². The summed E-state index contributed by atoms with van der Waals surface area (Å²) in [6.07, 6.45) is 2.41. The molecule has 0 unspecified atom stereocenters. The van der Waals surface area contributed by atoms with Gasteiger partial charge in [0.25, 0.3) is 0 Å². The van der Waals surface area contributed by atoms with Crippen molar-refractivity contribution in [1.29, 1.82) is 0 Å². The second kappa shape index (κ2) is 4.03. The summed E-state index contributed by atoms with van der Waals surface area (Å²) < 4.78 is 5.01. The summed E-state index contributed by atoms with van der Waals surface area (Å²) >= 11 is 0. The number of hydrogen-bond acceptors (Lipinski definition) is 3. The summed E-state index contributed by atoms with van der Waals surface area (Å²) in [5, 5.41) is 0. The Morgan fingerprint density at radius 2 is 2.27 bits per heavy atom. The molecule has 1 fully saturated rings. The summed E-state index contributed by atoms with van der Waals surface area (Å²) in [4.78, 5) is 10.8. The second-order valence-corrected chi connectivity index (χ2v) is 4.03. The summed E-state index contributed by atoms with van der Waals surface area (Å²) in [5.41, 5.74) is 7.11. The lowest BCUT2D eigenvalue weighted by Gasteiger charge is -2.11. The first kappa shape index (κ1) is 10.2. The number of carbonyl (C=O) groups is 1. The molecule has 0 spiro atoms. The molecule has 0 amide bonds. The Bertz CT molecular complexity index is 372. The van der Waals surface area contributed by atoms with Crippen LogP contribution < -0.4 is 10.5 Å². The van der Waals surface area contributed by atoms with Gasteiger partial charge in [-0.25, -0.2) is 0 Å². The third-order valence-corrected chi connectivity index (χ3v) is 2.63. The van der Waals surface area contributed by atoms with E-state index in [0.717, 1.165) is 5.56 Å². The average Bonchev–Trinajstić information content (AvgIpc) is 2.99. The zero-order valence-electron chi connectivity index (χ0n) is 8.77. The SMILES string of the molecule is CC(=O)Oc1cccc([C@@H](N)C2CC2)c1. The van der Waals surface area contributed by atoms with Gasteiger partial charge in [0.2, 0.25) is 0 Å². The van der Waals surface area contributed by atoms with Crippen LogP contribution >= 0.6 is 0 Å². The van der Waals surface area contributed by atoms with Crippen molar-refractivity contribution in [3.63, 3.8) is 0 Å². The molecule has 1 aliphatic rings. The van der Waals surface area contributed by atoms with Crippen molar-refractivity contribution in [2.24, 2.45) is 11.7 Å². The van der Waals surface area contributed by atoms with Crippen molar-refractivity contribution in [1.82, 2.24) is 0 Å². The molecule has 3 heteroatoms. The van der Waals surface area contributed by atoms with Crippen LogP contribution in [0.25, 0.3) is 0 Å². The molecular weight excluding hydrogens is 190 g/mol. The van der Waals surface area contributed by atoms with Gasteiger partial charge in [-0.1, -0.05) is 12.1 Å². The molecule has 0 saturated heterocycles. The largest absolute Gasteiger partial charge is 0.427 e. The predicted molar refractivity (Wildman–Crippen MR) is 57.4 cm³/mol. The van der Waals surface area contributed by atoms with Gasteiger partial charge in [0.15, 0.2) is 0 Å². The van der Waals surface area contributed by atoms with Crippen LogP contribution in [0.15, 0.2) is 24.3 Å². The standard InChI is InChI=1S/C12H15NO2/c1-8(14)15-11-4-2-3-10(7-11)12(13)9-5-6-9/h2-4,7,9,12H,5-6,13H2,1H3/t12-/m0/s1. The molecule has 80 valence electrons. The minimum atomic E-state index is -0.299. The topological polar surface area (TPSA) is 52.3 Å². The normalized spacial score (nSPS) is 17.2. The van der Waals surface area contributed by atoms with Crippen molar-refractivity contribution in [3.05, 3.63) is 29.8 Å². The summed E-state index contributed by atoms with van der Waals surface area (Å²) in [6, 6.07) is 7.56. The quantitative estimate of drug-likeness (QED) is 0.606. The Balaban J connectivity index is 2.14. The van der Waals surface area contributed by atoms with Gasteiger partial charge in [-0.05, 0) is 36.5 Å². The summed E-state index contributed by atoms with van der Waals surface area (Å²) in [6.45, 7) is 1.40. The number of esters is 1. The third kappa shape index (κ3) is 2.57. The second-order valence-electron chi connectivity index (χ2n) is 4.03. The minimum Gasteiger partial charge on any atom is -0.427 e. The Hall–Kier alpha value is -1.35. The zero-order valence-corrected chi connectivity index (χ0v) is 8.77. The average molecular weight is 205 g/mol. The molecule has 15 heavy (non-hydrogen) atoms. The van der Waals surface area contributed by atoms with Crippen molar-refractivity contribution in [3.8, 4) is 5.75 Å². The fourth-order valence-electron chi connectivity index (χ4n) is 1.68. The number of hydrogen-bond donors (Lipinski definition) is 1. The van der Waals surface area contributed by atoms with Crippen LogP contribution in [0.2, 0.25) is 0 Å². The van der Waals surface area contributed by atoms with E-state index >= 15 is 0 Å². The molecule has 0 heterocycles. The molecule has 1 saturated carbocycles. The number of ether oxygens (including phenoxy) is 1. The van der Waals surface area contributed by atoms with Crippen LogP contribution in [0.3, 0.4) is 0 Å². The van der Waals surface area contributed by atoms with E-state index < -0.39 is 0 Å². The molecular formula is C12H15NO2. The molecule has 2 rings (SSSR count). The number of nitrogens with two attached hydrogens (primary N) is 1. The molecule has 1 aliphatic carbocycles. The highest BCUT2D eigenvalue weighted by Gasteiger charge is 2.29. The van der Waals surface area contributed by atoms with E-state index in [1.54, 1.807) is 6.07 Å². The maximum absolute atomic E-state index is 10.8. The van der Waals surface area contributed by atoms with E-state index in [1.165, 1.54) is 19.8 Å². The fraction of sp³-hybridized carbons (Fsp3) is 0.417. The van der Waals surface area contributed by atoms with Crippen molar-refractivity contribution in [2.75, 3.05) is 0 Å². The van der Waals surface area contributed by atoms with Crippen LogP contribution in [-0.4, -0.2) is 5.97 Å². The Labute approximate surface area is 89.2 Å². The number of benzene rings is 1. The van der Waals surface area contributed by atoms with Crippen LogP contribution in [0.1, 0.15) is 31.4 Å². The van der Waals surface area contributed by atoms with Crippen LogP contribution in [-0.2, 0) is 4.79 Å². The molecule has 0 bridgehead atoms. The van der Waals surface area contributed by atoms with E-state index in [4.69, 9.17) is 10.5 Å². The highest BCUT2D eigenvalue weighted by Crippen LogP contribution is 2.39. The number of rotatable bonds is 3. The molecule has 1 aromatic rings. The smallest absolute Gasteiger partial charge is 0.308 e. The molecule has 3 nitrogen and oxygen atoms in total. The van der Waals surface area contributed by atoms with Gasteiger partial charge >= 0.3 is 5.97 Å². The van der Waals surface area contributed by atoms with Gasteiger partial charge in [-0.15, -0.1) is 0 Å². The van der Waals surface area contributed by atoms with Crippen LogP contribution in [0.4, 0.5) is 0 Å². The molecule has 1 aromatic carbocycles. The highest BCUT2D eigenvalue weighted by atomic mass is 16.5. The first-order valence-electron chi connectivity index (χ1n) is 5.21.